The van der Waals surface area contributed by atoms with Gasteiger partial charge >= 0.3 is 0 Å². The Balaban J connectivity index is 1.92. The van der Waals surface area contributed by atoms with Crippen LogP contribution in [0.1, 0.15) is 25.1 Å². The number of nitrogens with zero attached hydrogens (tertiary/aromatic N) is 3. The van der Waals surface area contributed by atoms with Crippen molar-refractivity contribution in [3.63, 3.8) is 0 Å². The molecule has 0 fully saturated rings. The Morgan fingerprint density at radius 2 is 1.77 bits per heavy atom. The van der Waals surface area contributed by atoms with Crippen LogP contribution in [-0.2, 0) is 6.42 Å². The lowest BCUT2D eigenvalue weighted by Gasteiger charge is -2.31. The van der Waals surface area contributed by atoms with Gasteiger partial charge in [-0.25, -0.2) is 9.97 Å². The van der Waals surface area contributed by atoms with Gasteiger partial charge in [0.15, 0.2) is 5.82 Å². The SMILES string of the molecule is Cc1cccc(-c2nc3c(c(-c4ccc(Cl)cc4)n2)CC(C)(C)CO3)n1. The van der Waals surface area contributed by atoms with Crippen LogP contribution in [0.4, 0.5) is 0 Å². The molecule has 1 aliphatic heterocycles. The lowest BCUT2D eigenvalue weighted by molar-refractivity contribution is 0.148. The van der Waals surface area contributed by atoms with Crippen LogP contribution in [-0.4, -0.2) is 21.6 Å². The van der Waals surface area contributed by atoms with Gasteiger partial charge in [0.05, 0.1) is 12.3 Å². The Kier molecular flexibility index (Phi) is 4.16. The topological polar surface area (TPSA) is 47.9 Å². The number of fused-ring (bicyclic) bond motifs is 1. The summed E-state index contributed by atoms with van der Waals surface area (Å²) in [6.45, 7) is 6.98. The van der Waals surface area contributed by atoms with Crippen molar-refractivity contribution in [3.05, 3.63) is 58.7 Å². The van der Waals surface area contributed by atoms with Crippen LogP contribution < -0.4 is 4.74 Å². The van der Waals surface area contributed by atoms with E-state index >= 15 is 0 Å². The first kappa shape index (κ1) is 17.0. The molecule has 132 valence electrons. The summed E-state index contributed by atoms with van der Waals surface area (Å²) >= 11 is 6.06. The van der Waals surface area contributed by atoms with Crippen LogP contribution in [0.3, 0.4) is 0 Å². The molecule has 4 nitrogen and oxygen atoms in total. The van der Waals surface area contributed by atoms with Gasteiger partial charge in [-0.2, -0.15) is 4.98 Å². The summed E-state index contributed by atoms with van der Waals surface area (Å²) in [4.78, 5) is 14.1. The van der Waals surface area contributed by atoms with E-state index in [4.69, 9.17) is 21.3 Å². The highest BCUT2D eigenvalue weighted by atomic mass is 35.5. The van der Waals surface area contributed by atoms with Crippen molar-refractivity contribution in [1.82, 2.24) is 15.0 Å². The van der Waals surface area contributed by atoms with E-state index in [0.717, 1.165) is 34.6 Å². The summed E-state index contributed by atoms with van der Waals surface area (Å²) in [6.07, 6.45) is 0.863. The molecule has 1 aromatic carbocycles. The molecule has 0 atom stereocenters. The molecule has 0 N–H and O–H groups in total. The molecule has 0 saturated heterocycles. The molecule has 0 radical (unpaired) electrons. The Morgan fingerprint density at radius 3 is 2.50 bits per heavy atom. The van der Waals surface area contributed by atoms with Crippen molar-refractivity contribution in [3.8, 4) is 28.7 Å². The Labute approximate surface area is 158 Å². The van der Waals surface area contributed by atoms with Gasteiger partial charge in [0.2, 0.25) is 5.88 Å². The maximum atomic E-state index is 6.06. The molecular weight excluding hydrogens is 346 g/mol. The molecule has 0 amide bonds. The monoisotopic (exact) mass is 365 g/mol. The molecule has 0 saturated carbocycles. The number of benzene rings is 1. The Hall–Kier alpha value is -2.46. The number of halogens is 1. The van der Waals surface area contributed by atoms with Gasteiger partial charge < -0.3 is 4.74 Å². The lowest BCUT2D eigenvalue weighted by Crippen LogP contribution is -2.30. The summed E-state index contributed by atoms with van der Waals surface area (Å²) in [5.41, 5.74) is 4.65. The molecule has 1 aliphatic rings. The highest BCUT2D eigenvalue weighted by Crippen LogP contribution is 2.39. The maximum absolute atomic E-state index is 6.06. The van der Waals surface area contributed by atoms with E-state index in [1.807, 2.05) is 49.4 Å². The van der Waals surface area contributed by atoms with Gasteiger partial charge in [0, 0.05) is 27.3 Å². The number of ether oxygens (including phenoxy) is 1. The van der Waals surface area contributed by atoms with E-state index in [9.17, 15) is 0 Å². The van der Waals surface area contributed by atoms with Crippen LogP contribution in [0, 0.1) is 12.3 Å². The molecule has 3 aromatic rings. The number of aryl methyl sites for hydroxylation is 1. The molecule has 0 unspecified atom stereocenters. The molecule has 3 heterocycles. The molecule has 26 heavy (non-hydrogen) atoms. The van der Waals surface area contributed by atoms with E-state index in [2.05, 4.69) is 23.8 Å². The number of aromatic nitrogens is 3. The van der Waals surface area contributed by atoms with Crippen LogP contribution in [0.25, 0.3) is 22.8 Å². The smallest absolute Gasteiger partial charge is 0.220 e. The highest BCUT2D eigenvalue weighted by Gasteiger charge is 2.31. The third-order valence-corrected chi connectivity index (χ3v) is 4.71. The predicted molar refractivity (Wildman–Crippen MR) is 103 cm³/mol. The largest absolute Gasteiger partial charge is 0.477 e. The minimum atomic E-state index is 0.0423. The summed E-state index contributed by atoms with van der Waals surface area (Å²) in [6, 6.07) is 13.6. The highest BCUT2D eigenvalue weighted by molar-refractivity contribution is 6.30. The first-order chi connectivity index (χ1) is 12.4. The van der Waals surface area contributed by atoms with E-state index in [1.165, 1.54) is 0 Å². The molecule has 0 spiro atoms. The van der Waals surface area contributed by atoms with Gasteiger partial charge in [0.25, 0.3) is 0 Å². The quantitative estimate of drug-likeness (QED) is 0.631. The first-order valence-electron chi connectivity index (χ1n) is 8.65. The standard InChI is InChI=1S/C21H20ClN3O/c1-13-5-4-6-17(23-13)19-24-18(14-7-9-15(22)10-8-14)16-11-21(2,3)12-26-20(16)25-19/h4-10H,11-12H2,1-3H3. The maximum Gasteiger partial charge on any atom is 0.220 e. The summed E-state index contributed by atoms with van der Waals surface area (Å²) < 4.78 is 6.01. The van der Waals surface area contributed by atoms with Gasteiger partial charge in [-0.3, -0.25) is 0 Å². The molecule has 0 bridgehead atoms. The average molecular weight is 366 g/mol. The van der Waals surface area contributed by atoms with Gasteiger partial charge in [0.1, 0.15) is 5.69 Å². The second-order valence-electron chi connectivity index (χ2n) is 7.48. The van der Waals surface area contributed by atoms with Gasteiger partial charge in [-0.1, -0.05) is 43.6 Å². The molecule has 4 rings (SSSR count). The predicted octanol–water partition coefficient (Wildman–Crippen LogP) is 5.13. The lowest BCUT2D eigenvalue weighted by atomic mass is 9.84. The summed E-state index contributed by atoms with van der Waals surface area (Å²) in [5.74, 6) is 1.24. The number of hydrogen-bond donors (Lipinski definition) is 0. The van der Waals surface area contributed by atoms with Crippen molar-refractivity contribution < 1.29 is 4.74 Å². The van der Waals surface area contributed by atoms with E-state index in [0.29, 0.717) is 23.3 Å². The zero-order valence-corrected chi connectivity index (χ0v) is 15.8. The van der Waals surface area contributed by atoms with Crippen LogP contribution >= 0.6 is 11.6 Å². The third-order valence-electron chi connectivity index (χ3n) is 4.46. The minimum absolute atomic E-state index is 0.0423. The summed E-state index contributed by atoms with van der Waals surface area (Å²) in [5, 5.41) is 0.703. The van der Waals surface area contributed by atoms with Gasteiger partial charge in [-0.05, 0) is 37.6 Å². The first-order valence-corrected chi connectivity index (χ1v) is 9.03. The van der Waals surface area contributed by atoms with Crippen molar-refractivity contribution in [2.75, 3.05) is 6.61 Å². The zero-order valence-electron chi connectivity index (χ0n) is 15.1. The fourth-order valence-electron chi connectivity index (χ4n) is 3.16. The zero-order chi connectivity index (χ0) is 18.3. The van der Waals surface area contributed by atoms with Crippen LogP contribution in [0.15, 0.2) is 42.5 Å². The fourth-order valence-corrected chi connectivity index (χ4v) is 3.29. The molecule has 5 heteroatoms. The second-order valence-corrected chi connectivity index (χ2v) is 7.92. The molecule has 2 aromatic heterocycles. The second kappa shape index (κ2) is 6.36. The van der Waals surface area contributed by atoms with Gasteiger partial charge in [-0.15, -0.1) is 0 Å². The normalized spacial score (nSPS) is 15.2. The third kappa shape index (κ3) is 3.29. The minimum Gasteiger partial charge on any atom is -0.477 e. The molecular formula is C21H20ClN3O. The Bertz CT molecular complexity index is 967. The van der Waals surface area contributed by atoms with Crippen LogP contribution in [0.2, 0.25) is 5.02 Å². The van der Waals surface area contributed by atoms with E-state index < -0.39 is 0 Å². The van der Waals surface area contributed by atoms with Crippen molar-refractivity contribution in [1.29, 1.82) is 0 Å². The van der Waals surface area contributed by atoms with Crippen LogP contribution in [0.5, 0.6) is 5.88 Å². The molecule has 0 aliphatic carbocycles. The number of pyridine rings is 1. The number of hydrogen-bond acceptors (Lipinski definition) is 4. The summed E-state index contributed by atoms with van der Waals surface area (Å²) in [7, 11) is 0. The van der Waals surface area contributed by atoms with Crippen molar-refractivity contribution in [2.24, 2.45) is 5.41 Å². The van der Waals surface area contributed by atoms with E-state index in [1.54, 1.807) is 0 Å². The van der Waals surface area contributed by atoms with E-state index in [-0.39, 0.29) is 5.41 Å². The Morgan fingerprint density at radius 1 is 1.00 bits per heavy atom. The number of rotatable bonds is 2. The van der Waals surface area contributed by atoms with Crippen molar-refractivity contribution in [2.45, 2.75) is 27.2 Å². The average Bonchev–Trinajstić information content (AvgIpc) is 2.61. The fraction of sp³-hybridized carbons (Fsp3) is 0.286. The van der Waals surface area contributed by atoms with Crippen molar-refractivity contribution >= 4 is 11.6 Å².